The van der Waals surface area contributed by atoms with Crippen LogP contribution >= 0.6 is 0 Å². The number of β-amino-alcohol motifs (C(OH)–C–C–N with tert-alkyl or cyclic N) is 1. The number of likely N-dealkylation sites (N-methyl/N-ethyl adjacent to an activating group) is 1. The van der Waals surface area contributed by atoms with Gasteiger partial charge in [0.05, 0.1) is 18.3 Å². The van der Waals surface area contributed by atoms with Gasteiger partial charge in [0.2, 0.25) is 0 Å². The molecule has 1 amide bonds. The number of hydrogen-bond acceptors (Lipinski definition) is 7. The minimum absolute atomic E-state index is 0.217. The normalized spacial score (nSPS) is 20.9. The highest BCUT2D eigenvalue weighted by Gasteiger charge is 2.36. The van der Waals surface area contributed by atoms with Crippen molar-refractivity contribution in [3.63, 3.8) is 0 Å². The van der Waals surface area contributed by atoms with Gasteiger partial charge in [0.25, 0.3) is 5.91 Å². The molecule has 0 bridgehead atoms. The first kappa shape index (κ1) is 16.4. The molecule has 8 nitrogen and oxygen atoms in total. The Balaban J connectivity index is 1.69. The number of piperidine rings is 1. The minimum Gasteiger partial charge on any atom is -0.448 e. The molecule has 0 aromatic carbocycles. The molecule has 0 radical (unpaired) electrons. The lowest BCUT2D eigenvalue weighted by Gasteiger charge is -2.41. The Morgan fingerprint density at radius 2 is 2.29 bits per heavy atom. The number of hydrogen-bond donors (Lipinski definition) is 1. The molecule has 2 aromatic rings. The second kappa shape index (κ2) is 6.56. The first-order valence-corrected chi connectivity index (χ1v) is 7.87. The average molecular weight is 331 g/mol. The third-order valence-corrected chi connectivity index (χ3v) is 4.25. The van der Waals surface area contributed by atoms with Crippen LogP contribution in [0.5, 0.6) is 0 Å². The Kier molecular flexibility index (Phi) is 4.48. The summed E-state index contributed by atoms with van der Waals surface area (Å²) in [4.78, 5) is 28.2. The third kappa shape index (κ3) is 3.38. The molecule has 8 heteroatoms. The number of aryl methyl sites for hydroxylation is 1. The zero-order valence-corrected chi connectivity index (χ0v) is 13.8. The van der Waals surface area contributed by atoms with Crippen molar-refractivity contribution < 1.29 is 14.3 Å². The maximum absolute atomic E-state index is 12.5. The molecule has 1 N–H and O–H groups in total. The quantitative estimate of drug-likeness (QED) is 0.888. The van der Waals surface area contributed by atoms with Crippen molar-refractivity contribution in [2.24, 2.45) is 0 Å². The summed E-state index contributed by atoms with van der Waals surface area (Å²) < 4.78 is 5.08. The van der Waals surface area contributed by atoms with Crippen LogP contribution in [0.1, 0.15) is 29.1 Å². The second-order valence-corrected chi connectivity index (χ2v) is 6.23. The number of anilines is 1. The summed E-state index contributed by atoms with van der Waals surface area (Å²) in [7, 11) is 1.66. The Bertz CT molecular complexity index is 705. The van der Waals surface area contributed by atoms with Crippen molar-refractivity contribution in [2.45, 2.75) is 25.4 Å². The summed E-state index contributed by atoms with van der Waals surface area (Å²) >= 11 is 0. The van der Waals surface area contributed by atoms with Crippen LogP contribution in [0.25, 0.3) is 0 Å². The number of carbonyl (C=O) groups is 1. The molecule has 128 valence electrons. The van der Waals surface area contributed by atoms with Crippen LogP contribution in [0.3, 0.4) is 0 Å². The molecule has 1 aliphatic rings. The Hall–Kier alpha value is -2.48. The molecule has 2 aromatic heterocycles. The van der Waals surface area contributed by atoms with E-state index < -0.39 is 5.60 Å². The highest BCUT2D eigenvalue weighted by atomic mass is 16.3. The summed E-state index contributed by atoms with van der Waals surface area (Å²) in [6.45, 7) is 3.12. The Morgan fingerprint density at radius 3 is 2.96 bits per heavy atom. The highest BCUT2D eigenvalue weighted by Crippen LogP contribution is 2.25. The maximum Gasteiger partial charge on any atom is 0.275 e. The molecule has 1 fully saturated rings. The molecule has 1 saturated heterocycles. The van der Waals surface area contributed by atoms with Gasteiger partial charge in [-0.05, 0) is 19.8 Å². The molecular formula is C16H21N5O3. The lowest BCUT2D eigenvalue weighted by Crippen LogP contribution is -2.55. The number of aliphatic hydroxyl groups is 1. The predicted octanol–water partition coefficient (Wildman–Crippen LogP) is 0.877. The van der Waals surface area contributed by atoms with Gasteiger partial charge in [-0.3, -0.25) is 9.78 Å². The van der Waals surface area contributed by atoms with Gasteiger partial charge >= 0.3 is 0 Å². The fraction of sp³-hybridized carbons (Fsp3) is 0.500. The van der Waals surface area contributed by atoms with Crippen molar-refractivity contribution in [3.8, 4) is 0 Å². The summed E-state index contributed by atoms with van der Waals surface area (Å²) in [5.41, 5.74) is -0.722. The standard InChI is InChI=1S/C16H21N5O3/c1-12-14(19-11-24-12)15(22)20(2)9-16(23)4-3-7-21(10-16)13-8-17-5-6-18-13/h5-6,8,11,23H,3-4,7,9-10H2,1-2H3. The lowest BCUT2D eigenvalue weighted by molar-refractivity contribution is -0.000324. The van der Waals surface area contributed by atoms with Crippen LogP contribution in [0, 0.1) is 6.92 Å². The monoisotopic (exact) mass is 331 g/mol. The van der Waals surface area contributed by atoms with Gasteiger partial charge in [-0.1, -0.05) is 0 Å². The fourth-order valence-electron chi connectivity index (χ4n) is 3.10. The van der Waals surface area contributed by atoms with Crippen molar-refractivity contribution in [3.05, 3.63) is 36.4 Å². The van der Waals surface area contributed by atoms with Crippen LogP contribution in [-0.4, -0.2) is 63.1 Å². The maximum atomic E-state index is 12.5. The van der Waals surface area contributed by atoms with Gasteiger partial charge in [0, 0.05) is 32.5 Å². The van der Waals surface area contributed by atoms with Crippen LogP contribution < -0.4 is 4.90 Å². The lowest BCUT2D eigenvalue weighted by atomic mass is 9.92. The van der Waals surface area contributed by atoms with Crippen LogP contribution in [-0.2, 0) is 0 Å². The smallest absolute Gasteiger partial charge is 0.275 e. The second-order valence-electron chi connectivity index (χ2n) is 6.23. The number of carbonyl (C=O) groups excluding carboxylic acids is 1. The number of rotatable bonds is 4. The molecule has 3 rings (SSSR count). The van der Waals surface area contributed by atoms with E-state index in [-0.39, 0.29) is 18.1 Å². The molecule has 0 saturated carbocycles. The van der Waals surface area contributed by atoms with E-state index in [2.05, 4.69) is 15.0 Å². The fourth-order valence-corrected chi connectivity index (χ4v) is 3.10. The summed E-state index contributed by atoms with van der Waals surface area (Å²) in [5.74, 6) is 0.951. The molecular weight excluding hydrogens is 310 g/mol. The van der Waals surface area contributed by atoms with Gasteiger partial charge in [0.15, 0.2) is 12.1 Å². The van der Waals surface area contributed by atoms with Crippen molar-refractivity contribution in [2.75, 3.05) is 31.6 Å². The van der Waals surface area contributed by atoms with E-state index in [1.165, 1.54) is 11.3 Å². The summed E-state index contributed by atoms with van der Waals surface area (Å²) in [6, 6.07) is 0. The third-order valence-electron chi connectivity index (χ3n) is 4.25. The van der Waals surface area contributed by atoms with Crippen LogP contribution in [0.4, 0.5) is 5.82 Å². The highest BCUT2D eigenvalue weighted by molar-refractivity contribution is 5.93. The van der Waals surface area contributed by atoms with Crippen molar-refractivity contribution in [1.29, 1.82) is 0 Å². The summed E-state index contributed by atoms with van der Waals surface area (Å²) in [6.07, 6.45) is 7.62. The Labute approximate surface area is 140 Å². The first-order chi connectivity index (χ1) is 11.5. The number of nitrogens with zero attached hydrogens (tertiary/aromatic N) is 5. The van der Waals surface area contributed by atoms with Gasteiger partial charge < -0.3 is 19.3 Å². The zero-order valence-electron chi connectivity index (χ0n) is 13.8. The molecule has 3 heterocycles. The van der Waals surface area contributed by atoms with Crippen molar-refractivity contribution in [1.82, 2.24) is 19.9 Å². The van der Waals surface area contributed by atoms with E-state index in [0.29, 0.717) is 18.7 Å². The average Bonchev–Trinajstić information content (AvgIpc) is 3.00. The largest absolute Gasteiger partial charge is 0.448 e. The van der Waals surface area contributed by atoms with E-state index in [9.17, 15) is 9.90 Å². The predicted molar refractivity (Wildman–Crippen MR) is 86.6 cm³/mol. The molecule has 1 atom stereocenters. The SMILES string of the molecule is Cc1ocnc1C(=O)N(C)CC1(O)CCCN(c2cnccn2)C1. The van der Waals surface area contributed by atoms with E-state index in [1.807, 2.05) is 4.90 Å². The van der Waals surface area contributed by atoms with E-state index >= 15 is 0 Å². The summed E-state index contributed by atoms with van der Waals surface area (Å²) in [5, 5.41) is 11.0. The van der Waals surface area contributed by atoms with Gasteiger partial charge in [-0.15, -0.1) is 0 Å². The topological polar surface area (TPSA) is 95.6 Å². The molecule has 0 spiro atoms. The van der Waals surface area contributed by atoms with Gasteiger partial charge in [-0.2, -0.15) is 0 Å². The zero-order chi connectivity index (χ0) is 17.2. The number of amides is 1. The number of aromatic nitrogens is 3. The van der Waals surface area contributed by atoms with Crippen molar-refractivity contribution >= 4 is 11.7 Å². The van der Waals surface area contributed by atoms with E-state index in [4.69, 9.17) is 4.42 Å². The van der Waals surface area contributed by atoms with Crippen LogP contribution in [0.15, 0.2) is 29.4 Å². The van der Waals surface area contributed by atoms with Crippen LogP contribution in [0.2, 0.25) is 0 Å². The van der Waals surface area contributed by atoms with E-state index in [1.54, 1.807) is 32.6 Å². The molecule has 0 aliphatic carbocycles. The Morgan fingerprint density at radius 1 is 1.46 bits per heavy atom. The molecule has 1 aliphatic heterocycles. The van der Waals surface area contributed by atoms with Gasteiger partial charge in [-0.25, -0.2) is 9.97 Å². The molecule has 1 unspecified atom stereocenters. The minimum atomic E-state index is -1.00. The number of oxazole rings is 1. The van der Waals surface area contributed by atoms with Gasteiger partial charge in [0.1, 0.15) is 11.6 Å². The van der Waals surface area contributed by atoms with E-state index in [0.717, 1.165) is 18.8 Å². The molecule has 24 heavy (non-hydrogen) atoms. The first-order valence-electron chi connectivity index (χ1n) is 7.87.